The van der Waals surface area contributed by atoms with Gasteiger partial charge in [0.1, 0.15) is 5.82 Å². The lowest BCUT2D eigenvalue weighted by atomic mass is 9.97. The topological polar surface area (TPSA) is 72.5 Å². The summed E-state index contributed by atoms with van der Waals surface area (Å²) in [6, 6.07) is 4.16. The summed E-state index contributed by atoms with van der Waals surface area (Å²) < 4.78 is 2.13. The average Bonchev–Trinajstić information content (AvgIpc) is 2.83. The quantitative estimate of drug-likeness (QED) is 0.751. The molecule has 1 aliphatic rings. The molecule has 5 nitrogen and oxygen atoms in total. The molecule has 2 atom stereocenters. The van der Waals surface area contributed by atoms with Crippen LogP contribution in [0.15, 0.2) is 18.3 Å². The van der Waals surface area contributed by atoms with Gasteiger partial charge in [-0.1, -0.05) is 6.92 Å². The molecule has 0 aromatic carbocycles. The number of fused-ring (bicyclic) bond motifs is 1. The number of hydrogen-bond donors (Lipinski definition) is 2. The Bertz CT molecular complexity index is 484. The van der Waals surface area contributed by atoms with Crippen molar-refractivity contribution in [2.24, 2.45) is 5.73 Å². The number of aromatic amines is 1. The van der Waals surface area contributed by atoms with Crippen LogP contribution in [-0.2, 0) is 6.54 Å². The van der Waals surface area contributed by atoms with Gasteiger partial charge in [-0.25, -0.2) is 0 Å². The molecule has 5 heteroatoms. The van der Waals surface area contributed by atoms with E-state index >= 15 is 0 Å². The van der Waals surface area contributed by atoms with Crippen molar-refractivity contribution in [1.29, 1.82) is 0 Å². The van der Waals surface area contributed by atoms with Crippen LogP contribution in [0.4, 0.5) is 0 Å². The van der Waals surface area contributed by atoms with Gasteiger partial charge in [-0.05, 0) is 18.6 Å². The second-order valence-corrected chi connectivity index (χ2v) is 4.47. The first-order valence-electron chi connectivity index (χ1n) is 5.58. The van der Waals surface area contributed by atoms with E-state index in [2.05, 4.69) is 26.7 Å². The van der Waals surface area contributed by atoms with Crippen molar-refractivity contribution < 1.29 is 0 Å². The Hall–Kier alpha value is -1.62. The second-order valence-electron chi connectivity index (χ2n) is 4.47. The molecule has 2 aromatic heterocycles. The van der Waals surface area contributed by atoms with Crippen LogP contribution in [0, 0.1) is 0 Å². The predicted octanol–water partition coefficient (Wildman–Crippen LogP) is 1.11. The summed E-state index contributed by atoms with van der Waals surface area (Å²) in [5.41, 5.74) is 7.03. The van der Waals surface area contributed by atoms with E-state index in [4.69, 9.17) is 5.73 Å². The van der Waals surface area contributed by atoms with Gasteiger partial charge in [-0.3, -0.25) is 0 Å². The van der Waals surface area contributed by atoms with E-state index < -0.39 is 0 Å². The lowest BCUT2D eigenvalue weighted by Gasteiger charge is -2.25. The molecule has 0 saturated carbocycles. The second kappa shape index (κ2) is 3.45. The van der Waals surface area contributed by atoms with E-state index in [9.17, 15) is 0 Å². The third-order valence-corrected chi connectivity index (χ3v) is 3.13. The monoisotopic (exact) mass is 217 g/mol. The highest BCUT2D eigenvalue weighted by atomic mass is 15.3. The van der Waals surface area contributed by atoms with Crippen LogP contribution < -0.4 is 5.73 Å². The highest BCUT2D eigenvalue weighted by molar-refractivity contribution is 5.50. The molecule has 3 N–H and O–H groups in total. The van der Waals surface area contributed by atoms with Crippen LogP contribution in [0.25, 0.3) is 11.5 Å². The maximum absolute atomic E-state index is 6.03. The molecular formula is C11H15N5. The van der Waals surface area contributed by atoms with Crippen LogP contribution in [0.5, 0.6) is 0 Å². The fourth-order valence-corrected chi connectivity index (χ4v) is 2.40. The summed E-state index contributed by atoms with van der Waals surface area (Å²) in [6.07, 6.45) is 2.88. The molecule has 0 saturated heterocycles. The van der Waals surface area contributed by atoms with Gasteiger partial charge in [0.2, 0.25) is 0 Å². The Labute approximate surface area is 93.7 Å². The summed E-state index contributed by atoms with van der Waals surface area (Å²) in [7, 11) is 0. The normalized spacial score (nSPS) is 24.4. The van der Waals surface area contributed by atoms with Gasteiger partial charge < -0.3 is 15.3 Å². The Morgan fingerprint density at radius 2 is 2.38 bits per heavy atom. The van der Waals surface area contributed by atoms with E-state index in [0.29, 0.717) is 5.92 Å². The number of nitrogens with two attached hydrogens (primary N) is 1. The first-order valence-corrected chi connectivity index (χ1v) is 5.58. The number of H-pyrrole nitrogens is 1. The minimum absolute atomic E-state index is 0.201. The number of aromatic nitrogens is 4. The van der Waals surface area contributed by atoms with Crippen molar-refractivity contribution in [3.63, 3.8) is 0 Å². The lowest BCUT2D eigenvalue weighted by molar-refractivity contribution is 0.409. The molecule has 3 heterocycles. The summed E-state index contributed by atoms with van der Waals surface area (Å²) in [4.78, 5) is 3.16. The van der Waals surface area contributed by atoms with Crippen molar-refractivity contribution in [2.75, 3.05) is 0 Å². The molecule has 3 rings (SSSR count). The number of nitrogens with zero attached hydrogens (tertiary/aromatic N) is 3. The van der Waals surface area contributed by atoms with Gasteiger partial charge in [-0.15, -0.1) is 10.2 Å². The molecule has 0 aliphatic carbocycles. The first-order chi connectivity index (χ1) is 7.75. The van der Waals surface area contributed by atoms with Gasteiger partial charge in [-0.2, -0.15) is 0 Å². The maximum atomic E-state index is 6.03. The van der Waals surface area contributed by atoms with Gasteiger partial charge in [0.05, 0.1) is 5.69 Å². The van der Waals surface area contributed by atoms with Crippen molar-refractivity contribution in [3.05, 3.63) is 24.2 Å². The largest absolute Gasteiger partial charge is 0.359 e. The summed E-state index contributed by atoms with van der Waals surface area (Å²) in [6.45, 7) is 2.96. The Balaban J connectivity index is 2.10. The van der Waals surface area contributed by atoms with Crippen molar-refractivity contribution in [1.82, 2.24) is 19.7 Å². The zero-order valence-corrected chi connectivity index (χ0v) is 9.22. The first kappa shape index (κ1) is 9.59. The number of hydrogen-bond acceptors (Lipinski definition) is 3. The van der Waals surface area contributed by atoms with Gasteiger partial charge >= 0.3 is 0 Å². The van der Waals surface area contributed by atoms with Gasteiger partial charge in [0, 0.05) is 24.7 Å². The summed E-state index contributed by atoms with van der Waals surface area (Å²) in [5, 5.41) is 8.52. The molecule has 84 valence electrons. The van der Waals surface area contributed by atoms with E-state index in [0.717, 1.165) is 30.3 Å². The van der Waals surface area contributed by atoms with Gasteiger partial charge in [0.25, 0.3) is 0 Å². The molecule has 2 aromatic rings. The summed E-state index contributed by atoms with van der Waals surface area (Å²) in [5.74, 6) is 2.33. The van der Waals surface area contributed by atoms with Gasteiger partial charge in [0.15, 0.2) is 5.82 Å². The zero-order valence-electron chi connectivity index (χ0n) is 9.22. The van der Waals surface area contributed by atoms with Crippen LogP contribution in [0.2, 0.25) is 0 Å². The lowest BCUT2D eigenvalue weighted by Crippen LogP contribution is -2.34. The average molecular weight is 217 g/mol. The zero-order chi connectivity index (χ0) is 11.1. The van der Waals surface area contributed by atoms with Crippen LogP contribution >= 0.6 is 0 Å². The smallest absolute Gasteiger partial charge is 0.180 e. The highest BCUT2D eigenvalue weighted by Gasteiger charge is 2.26. The molecular weight excluding hydrogens is 202 g/mol. The Morgan fingerprint density at radius 3 is 3.12 bits per heavy atom. The van der Waals surface area contributed by atoms with Crippen molar-refractivity contribution >= 4 is 0 Å². The number of nitrogens with one attached hydrogen (secondary N) is 1. The van der Waals surface area contributed by atoms with Crippen molar-refractivity contribution in [3.8, 4) is 11.5 Å². The fraction of sp³-hybridized carbons (Fsp3) is 0.455. The van der Waals surface area contributed by atoms with E-state index in [1.165, 1.54) is 0 Å². The minimum Gasteiger partial charge on any atom is -0.359 e. The fourth-order valence-electron chi connectivity index (χ4n) is 2.40. The van der Waals surface area contributed by atoms with E-state index in [1.54, 1.807) is 0 Å². The molecule has 0 radical (unpaired) electrons. The molecule has 16 heavy (non-hydrogen) atoms. The Kier molecular flexibility index (Phi) is 2.07. The van der Waals surface area contributed by atoms with Crippen LogP contribution in [-0.4, -0.2) is 25.8 Å². The third kappa shape index (κ3) is 1.36. The van der Waals surface area contributed by atoms with E-state index in [-0.39, 0.29) is 6.04 Å². The molecule has 1 aliphatic heterocycles. The summed E-state index contributed by atoms with van der Waals surface area (Å²) >= 11 is 0. The maximum Gasteiger partial charge on any atom is 0.180 e. The van der Waals surface area contributed by atoms with Crippen LogP contribution in [0.1, 0.15) is 25.1 Å². The third-order valence-electron chi connectivity index (χ3n) is 3.13. The molecule has 0 amide bonds. The molecule has 0 spiro atoms. The number of rotatable bonds is 1. The SMILES string of the molecule is CC1CC(N)Cn2c(-c3ccc[nH]3)nnc21. The molecule has 2 unspecified atom stereocenters. The molecule has 0 fully saturated rings. The standard InChI is InChI=1S/C11H15N5/c1-7-5-8(12)6-16-10(7)14-15-11(16)9-3-2-4-13-9/h2-4,7-8,13H,5-6,12H2,1H3. The van der Waals surface area contributed by atoms with Crippen LogP contribution in [0.3, 0.4) is 0 Å². The molecule has 0 bridgehead atoms. The Morgan fingerprint density at radius 1 is 1.50 bits per heavy atom. The highest BCUT2D eigenvalue weighted by Crippen LogP contribution is 2.28. The van der Waals surface area contributed by atoms with E-state index in [1.807, 2.05) is 18.3 Å². The minimum atomic E-state index is 0.201. The predicted molar refractivity (Wildman–Crippen MR) is 60.8 cm³/mol. The van der Waals surface area contributed by atoms with Crippen molar-refractivity contribution in [2.45, 2.75) is 31.8 Å².